The van der Waals surface area contributed by atoms with Gasteiger partial charge in [-0.2, -0.15) is 0 Å². The van der Waals surface area contributed by atoms with Crippen molar-refractivity contribution in [1.29, 1.82) is 0 Å². The third-order valence-electron chi connectivity index (χ3n) is 4.76. The molecule has 0 aromatic heterocycles. The van der Waals surface area contributed by atoms with E-state index in [9.17, 15) is 4.57 Å². The summed E-state index contributed by atoms with van der Waals surface area (Å²) < 4.78 is 14.8. The molecule has 1 unspecified atom stereocenters. The lowest BCUT2D eigenvalue weighted by Crippen LogP contribution is -2.24. The second kappa shape index (κ2) is 5.29. The first-order chi connectivity index (χ1) is 11.5. The second-order valence-corrected chi connectivity index (χ2v) is 7.98. The van der Waals surface area contributed by atoms with E-state index >= 15 is 0 Å². The average Bonchev–Trinajstić information content (AvgIpc) is 3.05. The van der Waals surface area contributed by atoms with Crippen molar-refractivity contribution in [2.24, 2.45) is 5.10 Å². The zero-order valence-electron chi connectivity index (χ0n) is 14.0. The lowest BCUT2D eigenvalue weighted by atomic mass is 9.84. The lowest BCUT2D eigenvalue weighted by Gasteiger charge is -2.22. The molecule has 0 bridgehead atoms. The third kappa shape index (κ3) is 2.03. The van der Waals surface area contributed by atoms with Crippen LogP contribution in [0.3, 0.4) is 0 Å². The quantitative estimate of drug-likeness (QED) is 0.697. The number of rotatable bonds is 1. The minimum Gasteiger partial charge on any atom is -0.343 e. The minimum absolute atomic E-state index is 0.204. The molecule has 4 rings (SSSR count). The fourth-order valence-electron chi connectivity index (χ4n) is 3.65. The highest BCUT2D eigenvalue weighted by molar-refractivity contribution is 7.53. The van der Waals surface area contributed by atoms with E-state index in [4.69, 9.17) is 0 Å². The Hall–Kier alpha value is -2.45. The molecule has 2 aliphatic rings. The molecule has 5 heteroatoms. The van der Waals surface area contributed by atoms with Crippen LogP contribution in [0, 0.1) is 0 Å². The van der Waals surface area contributed by atoms with Crippen molar-refractivity contribution in [2.75, 3.05) is 16.7 Å². The number of benzene rings is 2. The zero-order valence-corrected chi connectivity index (χ0v) is 14.9. The summed E-state index contributed by atoms with van der Waals surface area (Å²) in [7, 11) is 0.272. The van der Waals surface area contributed by atoms with E-state index in [-0.39, 0.29) is 5.41 Å². The predicted molar refractivity (Wildman–Crippen MR) is 99.9 cm³/mol. The molecule has 0 N–H and O–H groups in total. The summed E-state index contributed by atoms with van der Waals surface area (Å²) in [6.45, 7) is 4.36. The fourth-order valence-corrected chi connectivity index (χ4v) is 5.10. The highest BCUT2D eigenvalue weighted by atomic mass is 31.1. The van der Waals surface area contributed by atoms with Crippen LogP contribution in [-0.2, 0) is 9.98 Å². The van der Waals surface area contributed by atoms with Gasteiger partial charge in [0.25, 0.3) is 5.31 Å². The molecule has 2 heterocycles. The number of nitrogens with zero attached hydrogens (tertiary/aromatic N) is 3. The van der Waals surface area contributed by atoms with E-state index in [1.54, 1.807) is 11.0 Å². The van der Waals surface area contributed by atoms with E-state index in [0.717, 1.165) is 16.7 Å². The van der Waals surface area contributed by atoms with Crippen molar-refractivity contribution < 1.29 is 4.57 Å². The maximum absolute atomic E-state index is 13.1. The smallest absolute Gasteiger partial charge is 0.343 e. The van der Waals surface area contributed by atoms with Crippen LogP contribution in [-0.4, -0.2) is 13.3 Å². The number of para-hydroxylation sites is 2. The van der Waals surface area contributed by atoms with Crippen molar-refractivity contribution in [3.63, 3.8) is 0 Å². The Bertz CT molecular complexity index is 886. The Kier molecular flexibility index (Phi) is 3.33. The standard InChI is InChI=1S/C19H19N3OP/c1-19(2)15-11-7-8-12-16(15)21(3)18(19)17-13-20-22(24(17)23)14-9-5-4-6-10-14/h4-13H,1-3H3/q+1. The molecule has 0 radical (unpaired) electrons. The Morgan fingerprint density at radius 2 is 1.67 bits per heavy atom. The van der Waals surface area contributed by atoms with Gasteiger partial charge in [-0.3, -0.25) is 0 Å². The van der Waals surface area contributed by atoms with Gasteiger partial charge in [-0.1, -0.05) is 36.4 Å². The molecular formula is C19H19N3OP+. The number of hydrazone groups is 1. The monoisotopic (exact) mass is 336 g/mol. The van der Waals surface area contributed by atoms with Crippen LogP contribution in [0.4, 0.5) is 11.4 Å². The number of hydrogen-bond donors (Lipinski definition) is 0. The van der Waals surface area contributed by atoms with Crippen molar-refractivity contribution in [2.45, 2.75) is 19.3 Å². The number of hydrogen-bond acceptors (Lipinski definition) is 3. The van der Waals surface area contributed by atoms with Gasteiger partial charge in [-0.05, 0) is 47.0 Å². The maximum atomic E-state index is 13.1. The van der Waals surface area contributed by atoms with Crippen LogP contribution in [0.2, 0.25) is 0 Å². The minimum atomic E-state index is -1.77. The van der Waals surface area contributed by atoms with E-state index in [1.807, 2.05) is 43.4 Å². The van der Waals surface area contributed by atoms with E-state index in [2.05, 4.69) is 42.0 Å². The first kappa shape index (κ1) is 15.1. The summed E-state index contributed by atoms with van der Waals surface area (Å²) >= 11 is 0. The molecule has 120 valence electrons. The Morgan fingerprint density at radius 1 is 1.00 bits per heavy atom. The van der Waals surface area contributed by atoms with Crippen LogP contribution in [0.15, 0.2) is 70.7 Å². The largest absolute Gasteiger partial charge is 0.527 e. The van der Waals surface area contributed by atoms with Crippen molar-refractivity contribution in [3.8, 4) is 0 Å². The van der Waals surface area contributed by atoms with Gasteiger partial charge < -0.3 is 4.90 Å². The summed E-state index contributed by atoms with van der Waals surface area (Å²) in [6, 6.07) is 18.0. The molecule has 0 spiro atoms. The Morgan fingerprint density at radius 3 is 2.38 bits per heavy atom. The molecule has 2 aromatic carbocycles. The Balaban J connectivity index is 1.82. The normalized spacial score (nSPS) is 23.0. The van der Waals surface area contributed by atoms with Crippen LogP contribution < -0.4 is 9.68 Å². The summed E-state index contributed by atoms with van der Waals surface area (Å²) in [5, 5.41) is 5.22. The molecule has 2 aliphatic heterocycles. The number of allylic oxidation sites excluding steroid dienone is 2. The lowest BCUT2D eigenvalue weighted by molar-refractivity contribution is 0.588. The van der Waals surface area contributed by atoms with Crippen LogP contribution in [0.25, 0.3) is 0 Å². The van der Waals surface area contributed by atoms with Gasteiger partial charge in [-0.25, -0.2) is 0 Å². The van der Waals surface area contributed by atoms with Gasteiger partial charge in [0.05, 0.1) is 5.70 Å². The van der Waals surface area contributed by atoms with E-state index in [1.165, 1.54) is 11.3 Å². The van der Waals surface area contributed by atoms with Crippen molar-refractivity contribution >= 4 is 25.5 Å². The van der Waals surface area contributed by atoms with Crippen LogP contribution >= 0.6 is 7.95 Å². The maximum Gasteiger partial charge on any atom is 0.527 e. The van der Waals surface area contributed by atoms with E-state index < -0.39 is 7.95 Å². The van der Waals surface area contributed by atoms with Crippen LogP contribution in [0.1, 0.15) is 19.4 Å². The topological polar surface area (TPSA) is 35.9 Å². The summed E-state index contributed by atoms with van der Waals surface area (Å²) in [5.41, 5.74) is 4.13. The van der Waals surface area contributed by atoms with Gasteiger partial charge in [0.15, 0.2) is 0 Å². The van der Waals surface area contributed by atoms with Crippen LogP contribution in [0.5, 0.6) is 0 Å². The first-order valence-corrected chi connectivity index (χ1v) is 9.17. The SMILES string of the molecule is CN1C(=C2C=NN(c3ccccc3)[P+]2=O)C(C)(C)c2ccccc21. The molecule has 0 saturated heterocycles. The summed E-state index contributed by atoms with van der Waals surface area (Å²) in [6.07, 6.45) is 1.76. The van der Waals surface area contributed by atoms with Gasteiger partial charge in [0.2, 0.25) is 0 Å². The molecule has 4 nitrogen and oxygen atoms in total. The molecule has 24 heavy (non-hydrogen) atoms. The van der Waals surface area contributed by atoms with Gasteiger partial charge in [0.1, 0.15) is 11.9 Å². The molecule has 0 amide bonds. The number of anilines is 2. The molecule has 2 aromatic rings. The van der Waals surface area contributed by atoms with Crippen molar-refractivity contribution in [3.05, 3.63) is 71.2 Å². The van der Waals surface area contributed by atoms with Gasteiger partial charge >= 0.3 is 7.95 Å². The van der Waals surface area contributed by atoms with E-state index in [0.29, 0.717) is 0 Å². The molecule has 1 atom stereocenters. The number of fused-ring (bicyclic) bond motifs is 1. The summed E-state index contributed by atoms with van der Waals surface area (Å²) in [4.78, 5) is 2.15. The zero-order chi connectivity index (χ0) is 16.9. The Labute approximate surface area is 142 Å². The molecular weight excluding hydrogens is 317 g/mol. The average molecular weight is 336 g/mol. The highest BCUT2D eigenvalue weighted by Gasteiger charge is 2.49. The predicted octanol–water partition coefficient (Wildman–Crippen LogP) is 4.87. The molecule has 0 fully saturated rings. The number of likely N-dealkylation sites (N-methyl/N-ethyl adjacent to an activating group) is 1. The molecule has 0 aliphatic carbocycles. The first-order valence-electron chi connectivity index (χ1n) is 7.96. The van der Waals surface area contributed by atoms with Gasteiger partial charge in [0, 0.05) is 18.2 Å². The highest BCUT2D eigenvalue weighted by Crippen LogP contribution is 2.54. The second-order valence-electron chi connectivity index (χ2n) is 6.58. The third-order valence-corrected chi connectivity index (χ3v) is 6.18. The fraction of sp³-hybridized carbons (Fsp3) is 0.211. The van der Waals surface area contributed by atoms with Crippen molar-refractivity contribution in [1.82, 2.24) is 0 Å². The molecule has 0 saturated carbocycles. The summed E-state index contributed by atoms with van der Waals surface area (Å²) in [5.74, 6) is 0. The van der Waals surface area contributed by atoms with Gasteiger partial charge in [-0.15, -0.1) is 5.10 Å².